The molecule has 0 saturated heterocycles. The molecule has 0 heterocycles. The molecule has 1 atom stereocenters. The summed E-state index contributed by atoms with van der Waals surface area (Å²) in [7, 11) is 0. The van der Waals surface area contributed by atoms with Gasteiger partial charge in [-0.3, -0.25) is 4.79 Å². The van der Waals surface area contributed by atoms with E-state index >= 15 is 0 Å². The van der Waals surface area contributed by atoms with E-state index in [0.29, 0.717) is 18.7 Å². The van der Waals surface area contributed by atoms with Gasteiger partial charge in [-0.25, -0.2) is 0 Å². The zero-order valence-corrected chi connectivity index (χ0v) is 10.8. The van der Waals surface area contributed by atoms with Gasteiger partial charge in [-0.1, -0.05) is 6.08 Å². The van der Waals surface area contributed by atoms with Gasteiger partial charge in [0.05, 0.1) is 0 Å². The lowest BCUT2D eigenvalue weighted by atomic mass is 10.1. The van der Waals surface area contributed by atoms with Gasteiger partial charge in [-0.15, -0.1) is 11.8 Å². The van der Waals surface area contributed by atoms with Crippen molar-refractivity contribution in [1.82, 2.24) is 5.32 Å². The van der Waals surface area contributed by atoms with Crippen LogP contribution in [-0.4, -0.2) is 29.7 Å². The van der Waals surface area contributed by atoms with Crippen molar-refractivity contribution in [1.29, 1.82) is 0 Å². The quantitative estimate of drug-likeness (QED) is 0.578. The summed E-state index contributed by atoms with van der Waals surface area (Å²) in [5.41, 5.74) is 0.671. The molecule has 0 fully saturated rings. The maximum absolute atomic E-state index is 11.4. The molecule has 0 aliphatic heterocycles. The number of hydrogen-bond donors (Lipinski definition) is 2. The summed E-state index contributed by atoms with van der Waals surface area (Å²) < 4.78 is 5.18. The van der Waals surface area contributed by atoms with Crippen LogP contribution in [0.5, 0.6) is 0 Å². The van der Waals surface area contributed by atoms with Gasteiger partial charge >= 0.3 is 0 Å². The van der Waals surface area contributed by atoms with Crippen LogP contribution in [0.4, 0.5) is 0 Å². The SMILES string of the molecule is CCOC1(O)C=CC(NC(=O)C=CSC)=CC1. The molecule has 0 saturated carbocycles. The molecule has 0 bridgehead atoms. The third-order valence-electron chi connectivity index (χ3n) is 2.16. The molecular formula is C12H17NO3S. The van der Waals surface area contributed by atoms with Crippen LogP contribution in [0.15, 0.2) is 35.4 Å². The van der Waals surface area contributed by atoms with Crippen LogP contribution in [0, 0.1) is 0 Å². The van der Waals surface area contributed by atoms with Crippen LogP contribution >= 0.6 is 11.8 Å². The Bertz CT molecular complexity index is 363. The van der Waals surface area contributed by atoms with E-state index in [9.17, 15) is 9.90 Å². The van der Waals surface area contributed by atoms with E-state index in [4.69, 9.17) is 4.74 Å². The Balaban J connectivity index is 2.50. The smallest absolute Gasteiger partial charge is 0.248 e. The van der Waals surface area contributed by atoms with Crippen molar-refractivity contribution < 1.29 is 14.6 Å². The first kappa shape index (κ1) is 14.0. The lowest BCUT2D eigenvalue weighted by Crippen LogP contribution is -2.32. The largest absolute Gasteiger partial charge is 0.362 e. The first-order valence-electron chi connectivity index (χ1n) is 5.35. The molecular weight excluding hydrogens is 238 g/mol. The lowest BCUT2D eigenvalue weighted by molar-refractivity contribution is -0.161. The van der Waals surface area contributed by atoms with E-state index in [1.165, 1.54) is 17.8 Å². The van der Waals surface area contributed by atoms with Crippen molar-refractivity contribution in [3.8, 4) is 0 Å². The summed E-state index contributed by atoms with van der Waals surface area (Å²) in [5, 5.41) is 14.3. The molecule has 4 nitrogen and oxygen atoms in total. The van der Waals surface area contributed by atoms with Crippen LogP contribution in [0.3, 0.4) is 0 Å². The molecule has 1 aliphatic carbocycles. The van der Waals surface area contributed by atoms with Crippen molar-refractivity contribution >= 4 is 17.7 Å². The number of carbonyl (C=O) groups is 1. The molecule has 0 aromatic heterocycles. The molecule has 1 aliphatic rings. The van der Waals surface area contributed by atoms with Gasteiger partial charge in [0.15, 0.2) is 5.79 Å². The van der Waals surface area contributed by atoms with E-state index < -0.39 is 5.79 Å². The summed E-state index contributed by atoms with van der Waals surface area (Å²) >= 11 is 1.46. The monoisotopic (exact) mass is 255 g/mol. The first-order chi connectivity index (χ1) is 8.09. The van der Waals surface area contributed by atoms with Gasteiger partial charge in [0, 0.05) is 24.8 Å². The van der Waals surface area contributed by atoms with Gasteiger partial charge < -0.3 is 15.2 Å². The summed E-state index contributed by atoms with van der Waals surface area (Å²) in [4.78, 5) is 11.4. The highest BCUT2D eigenvalue weighted by Crippen LogP contribution is 2.21. The minimum atomic E-state index is -1.24. The molecule has 0 radical (unpaired) electrons. The predicted octanol–water partition coefficient (Wildman–Crippen LogP) is 1.55. The summed E-state index contributed by atoms with van der Waals surface area (Å²) in [6.07, 6.45) is 8.60. The van der Waals surface area contributed by atoms with Crippen LogP contribution in [-0.2, 0) is 9.53 Å². The molecule has 17 heavy (non-hydrogen) atoms. The Morgan fingerprint density at radius 2 is 2.53 bits per heavy atom. The second-order valence-electron chi connectivity index (χ2n) is 3.50. The fraction of sp³-hybridized carbons (Fsp3) is 0.417. The highest BCUT2D eigenvalue weighted by Gasteiger charge is 2.25. The van der Waals surface area contributed by atoms with Gasteiger partial charge in [0.1, 0.15) is 0 Å². The van der Waals surface area contributed by atoms with E-state index in [0.717, 1.165) is 0 Å². The number of carbonyl (C=O) groups excluding carboxylic acids is 1. The lowest BCUT2D eigenvalue weighted by Gasteiger charge is -2.26. The topological polar surface area (TPSA) is 58.6 Å². The number of hydrogen-bond acceptors (Lipinski definition) is 4. The average Bonchev–Trinajstić information content (AvgIpc) is 2.30. The standard InChI is InChI=1S/C12H17NO3S/c1-3-16-12(15)7-4-10(5-8-12)13-11(14)6-9-17-2/h4-7,9,15H,3,8H2,1-2H3,(H,13,14). The van der Waals surface area contributed by atoms with Crippen molar-refractivity contribution in [2.45, 2.75) is 19.1 Å². The molecule has 2 N–H and O–H groups in total. The predicted molar refractivity (Wildman–Crippen MR) is 69.2 cm³/mol. The highest BCUT2D eigenvalue weighted by molar-refractivity contribution is 8.01. The normalized spacial score (nSPS) is 23.8. The number of rotatable bonds is 5. The third-order valence-corrected chi connectivity index (χ3v) is 2.56. The van der Waals surface area contributed by atoms with Crippen LogP contribution in [0.1, 0.15) is 13.3 Å². The Morgan fingerprint density at radius 1 is 1.76 bits per heavy atom. The summed E-state index contributed by atoms with van der Waals surface area (Å²) in [6.45, 7) is 2.26. The number of nitrogens with one attached hydrogen (secondary N) is 1. The van der Waals surface area contributed by atoms with E-state index in [2.05, 4.69) is 5.32 Å². The maximum Gasteiger partial charge on any atom is 0.248 e. The Hall–Kier alpha value is -1.04. The molecule has 0 aromatic carbocycles. The van der Waals surface area contributed by atoms with Crippen LogP contribution in [0.25, 0.3) is 0 Å². The summed E-state index contributed by atoms with van der Waals surface area (Å²) in [5.74, 6) is -1.42. The molecule has 1 rings (SSSR count). The fourth-order valence-corrected chi connectivity index (χ4v) is 1.64. The minimum absolute atomic E-state index is 0.183. The van der Waals surface area contributed by atoms with Crippen molar-refractivity contribution in [3.05, 3.63) is 35.4 Å². The second-order valence-corrected chi connectivity index (χ2v) is 4.25. The zero-order chi connectivity index (χ0) is 12.7. The molecule has 1 amide bonds. The van der Waals surface area contributed by atoms with E-state index in [-0.39, 0.29) is 5.91 Å². The van der Waals surface area contributed by atoms with Crippen molar-refractivity contribution in [2.75, 3.05) is 12.9 Å². The second kappa shape index (κ2) is 6.64. The molecule has 94 valence electrons. The number of ether oxygens (including phenoxy) is 1. The van der Waals surface area contributed by atoms with Crippen molar-refractivity contribution in [3.63, 3.8) is 0 Å². The highest BCUT2D eigenvalue weighted by atomic mass is 32.2. The number of aliphatic hydroxyl groups is 1. The van der Waals surface area contributed by atoms with Gasteiger partial charge in [0.25, 0.3) is 0 Å². The fourth-order valence-electron chi connectivity index (χ4n) is 1.38. The summed E-state index contributed by atoms with van der Waals surface area (Å²) in [6, 6.07) is 0. The Kier molecular flexibility index (Phi) is 5.47. The molecule has 0 spiro atoms. The molecule has 5 heteroatoms. The third kappa shape index (κ3) is 4.77. The number of thioether (sulfide) groups is 1. The number of allylic oxidation sites excluding steroid dienone is 1. The first-order valence-corrected chi connectivity index (χ1v) is 6.64. The molecule has 1 unspecified atom stereocenters. The Morgan fingerprint density at radius 3 is 3.06 bits per heavy atom. The number of amides is 1. The van der Waals surface area contributed by atoms with Gasteiger partial charge in [-0.2, -0.15) is 0 Å². The van der Waals surface area contributed by atoms with Crippen molar-refractivity contribution in [2.24, 2.45) is 0 Å². The van der Waals surface area contributed by atoms with Gasteiger partial charge in [0.2, 0.25) is 5.91 Å². The zero-order valence-electron chi connectivity index (χ0n) is 9.97. The van der Waals surface area contributed by atoms with Crippen LogP contribution < -0.4 is 5.32 Å². The van der Waals surface area contributed by atoms with E-state index in [1.54, 1.807) is 23.6 Å². The maximum atomic E-state index is 11.4. The average molecular weight is 255 g/mol. The molecule has 0 aromatic rings. The van der Waals surface area contributed by atoms with E-state index in [1.807, 2.05) is 13.2 Å². The van der Waals surface area contributed by atoms with Gasteiger partial charge in [-0.05, 0) is 30.7 Å². The minimum Gasteiger partial charge on any atom is -0.362 e. The van der Waals surface area contributed by atoms with Crippen LogP contribution in [0.2, 0.25) is 0 Å². The Labute approximate surface area is 105 Å².